The first-order chi connectivity index (χ1) is 5.34. The van der Waals surface area contributed by atoms with Gasteiger partial charge in [-0.15, -0.1) is 5.73 Å². The molecule has 0 saturated heterocycles. The minimum absolute atomic E-state index is 1.16. The van der Waals surface area contributed by atoms with Crippen molar-refractivity contribution in [2.45, 2.75) is 6.92 Å². The lowest BCUT2D eigenvalue weighted by molar-refractivity contribution is 1.42. The smallest absolute Gasteiger partial charge is 0.0277 e. The van der Waals surface area contributed by atoms with Crippen molar-refractivity contribution in [2.75, 3.05) is 7.05 Å². The van der Waals surface area contributed by atoms with Crippen molar-refractivity contribution in [3.8, 4) is 0 Å². The molecule has 0 amide bonds. The van der Waals surface area contributed by atoms with E-state index >= 15 is 0 Å². The first kappa shape index (κ1) is 7.77. The van der Waals surface area contributed by atoms with Crippen LogP contribution < -0.4 is 0 Å². The Kier molecular flexibility index (Phi) is 2.65. The van der Waals surface area contributed by atoms with Crippen LogP contribution in [0.2, 0.25) is 0 Å². The fraction of sp³-hybridized carbons (Fsp3) is 0.200. The average Bonchev–Trinajstić information content (AvgIpc) is 2.03. The number of hydrogen-bond donors (Lipinski definition) is 0. The lowest BCUT2D eigenvalue weighted by Gasteiger charge is -1.99. The Morgan fingerprint density at radius 3 is 3.00 bits per heavy atom. The summed E-state index contributed by atoms with van der Waals surface area (Å²) in [4.78, 5) is 3.88. The van der Waals surface area contributed by atoms with Gasteiger partial charge in [0.1, 0.15) is 0 Å². The zero-order valence-electron chi connectivity index (χ0n) is 6.83. The summed E-state index contributed by atoms with van der Waals surface area (Å²) in [7, 11) is 1.76. The summed E-state index contributed by atoms with van der Waals surface area (Å²) in [5, 5.41) is 0. The fourth-order valence-corrected chi connectivity index (χ4v) is 0.869. The first-order valence-electron chi connectivity index (χ1n) is 3.57. The SMILES string of the molecule is C/N=C\C=C1\C=CC=C=C1C. The predicted octanol–water partition coefficient (Wildman–Crippen LogP) is 2.28. The van der Waals surface area contributed by atoms with Crippen LogP contribution in [-0.4, -0.2) is 13.3 Å². The third-order valence-electron chi connectivity index (χ3n) is 1.51. The van der Waals surface area contributed by atoms with E-state index in [2.05, 4.69) is 10.7 Å². The van der Waals surface area contributed by atoms with Crippen molar-refractivity contribution in [3.05, 3.63) is 41.2 Å². The average molecular weight is 145 g/mol. The molecule has 0 atom stereocenters. The molecule has 0 aromatic rings. The Balaban J connectivity index is 2.91. The fourth-order valence-electron chi connectivity index (χ4n) is 0.869. The highest BCUT2D eigenvalue weighted by molar-refractivity contribution is 5.74. The second-order valence-corrected chi connectivity index (χ2v) is 2.32. The van der Waals surface area contributed by atoms with Gasteiger partial charge in [-0.2, -0.15) is 0 Å². The molecule has 0 saturated carbocycles. The zero-order valence-corrected chi connectivity index (χ0v) is 6.83. The number of aliphatic imine (C=N–C) groups is 1. The van der Waals surface area contributed by atoms with Crippen LogP contribution in [0.3, 0.4) is 0 Å². The van der Waals surface area contributed by atoms with Crippen molar-refractivity contribution in [2.24, 2.45) is 4.99 Å². The van der Waals surface area contributed by atoms with Gasteiger partial charge in [-0.05, 0) is 30.2 Å². The number of nitrogens with zero attached hydrogens (tertiary/aromatic N) is 1. The third-order valence-corrected chi connectivity index (χ3v) is 1.51. The molecule has 0 aliphatic heterocycles. The van der Waals surface area contributed by atoms with Gasteiger partial charge in [0.05, 0.1) is 0 Å². The van der Waals surface area contributed by atoms with E-state index in [1.165, 1.54) is 5.57 Å². The summed E-state index contributed by atoms with van der Waals surface area (Å²) in [5.74, 6) is 0. The molecule has 0 N–H and O–H groups in total. The van der Waals surface area contributed by atoms with Gasteiger partial charge in [0.15, 0.2) is 0 Å². The van der Waals surface area contributed by atoms with E-state index in [-0.39, 0.29) is 0 Å². The van der Waals surface area contributed by atoms with Gasteiger partial charge in [0.2, 0.25) is 0 Å². The van der Waals surface area contributed by atoms with E-state index < -0.39 is 0 Å². The van der Waals surface area contributed by atoms with Gasteiger partial charge in [-0.1, -0.05) is 12.2 Å². The largest absolute Gasteiger partial charge is 0.296 e. The molecule has 0 aromatic heterocycles. The summed E-state index contributed by atoms with van der Waals surface area (Å²) < 4.78 is 0. The van der Waals surface area contributed by atoms with Crippen molar-refractivity contribution in [3.63, 3.8) is 0 Å². The maximum absolute atomic E-state index is 3.88. The molecule has 1 aliphatic carbocycles. The summed E-state index contributed by atoms with van der Waals surface area (Å²) in [5.41, 5.74) is 5.45. The van der Waals surface area contributed by atoms with Gasteiger partial charge in [-0.25, -0.2) is 0 Å². The summed E-state index contributed by atoms with van der Waals surface area (Å²) in [6.45, 7) is 2.04. The van der Waals surface area contributed by atoms with Gasteiger partial charge < -0.3 is 0 Å². The van der Waals surface area contributed by atoms with Crippen LogP contribution in [0.25, 0.3) is 0 Å². The van der Waals surface area contributed by atoms with Crippen LogP contribution >= 0.6 is 0 Å². The quantitative estimate of drug-likeness (QED) is 0.396. The molecule has 0 heterocycles. The highest BCUT2D eigenvalue weighted by atomic mass is 14.6. The highest BCUT2D eigenvalue weighted by Gasteiger charge is 1.94. The summed E-state index contributed by atoms with van der Waals surface area (Å²) >= 11 is 0. The molecule has 0 radical (unpaired) electrons. The Morgan fingerprint density at radius 2 is 2.36 bits per heavy atom. The van der Waals surface area contributed by atoms with E-state index in [0.717, 1.165) is 5.57 Å². The molecule has 56 valence electrons. The maximum atomic E-state index is 3.88. The maximum Gasteiger partial charge on any atom is 0.0277 e. The minimum Gasteiger partial charge on any atom is -0.296 e. The molecular formula is C10H11N. The number of hydrogen-bond acceptors (Lipinski definition) is 1. The Labute approximate surface area is 67.2 Å². The van der Waals surface area contributed by atoms with Crippen LogP contribution in [0.1, 0.15) is 6.92 Å². The van der Waals surface area contributed by atoms with Gasteiger partial charge >= 0.3 is 0 Å². The van der Waals surface area contributed by atoms with Crippen molar-refractivity contribution >= 4 is 6.21 Å². The topological polar surface area (TPSA) is 12.4 Å². The molecule has 0 unspecified atom stereocenters. The second kappa shape index (κ2) is 3.75. The standard InChI is InChI=1S/C10H11N/c1-9-5-3-4-6-10(9)7-8-11-2/h3-4,6-8H,1-2H3/b10-7-,11-8-. The van der Waals surface area contributed by atoms with Gasteiger partial charge in [0, 0.05) is 13.3 Å². The first-order valence-corrected chi connectivity index (χ1v) is 3.57. The Morgan fingerprint density at radius 1 is 1.55 bits per heavy atom. The van der Waals surface area contributed by atoms with Crippen LogP contribution in [0.5, 0.6) is 0 Å². The number of allylic oxidation sites excluding steroid dienone is 5. The molecule has 0 bridgehead atoms. The van der Waals surface area contributed by atoms with Crippen LogP contribution in [0, 0.1) is 0 Å². The lowest BCUT2D eigenvalue weighted by atomic mass is 10.1. The summed E-state index contributed by atoms with van der Waals surface area (Å²) in [6.07, 6.45) is 9.70. The van der Waals surface area contributed by atoms with Crippen LogP contribution in [0.4, 0.5) is 0 Å². The second-order valence-electron chi connectivity index (χ2n) is 2.32. The minimum atomic E-state index is 1.16. The Bertz CT molecular complexity index is 284. The monoisotopic (exact) mass is 145 g/mol. The summed E-state index contributed by atoms with van der Waals surface area (Å²) in [6, 6.07) is 0. The number of rotatable bonds is 1. The van der Waals surface area contributed by atoms with E-state index in [0.29, 0.717) is 0 Å². The van der Waals surface area contributed by atoms with E-state index in [1.807, 2.05) is 31.2 Å². The molecule has 1 nitrogen and oxygen atoms in total. The molecule has 0 fully saturated rings. The molecule has 0 aromatic carbocycles. The normalized spacial score (nSPS) is 19.8. The van der Waals surface area contributed by atoms with Crippen molar-refractivity contribution < 1.29 is 0 Å². The van der Waals surface area contributed by atoms with Crippen LogP contribution in [-0.2, 0) is 0 Å². The molecule has 1 heteroatoms. The van der Waals surface area contributed by atoms with E-state index in [4.69, 9.17) is 0 Å². The molecule has 1 rings (SSSR count). The van der Waals surface area contributed by atoms with E-state index in [9.17, 15) is 0 Å². The zero-order chi connectivity index (χ0) is 8.10. The van der Waals surface area contributed by atoms with Gasteiger partial charge in [-0.3, -0.25) is 4.99 Å². The van der Waals surface area contributed by atoms with Gasteiger partial charge in [0.25, 0.3) is 0 Å². The molecule has 1 aliphatic rings. The van der Waals surface area contributed by atoms with E-state index in [1.54, 1.807) is 13.3 Å². The molecule has 11 heavy (non-hydrogen) atoms. The highest BCUT2D eigenvalue weighted by Crippen LogP contribution is 2.11. The van der Waals surface area contributed by atoms with Crippen LogP contribution in [0.15, 0.2) is 46.2 Å². The third kappa shape index (κ3) is 2.06. The predicted molar refractivity (Wildman–Crippen MR) is 48.9 cm³/mol. The lowest BCUT2D eigenvalue weighted by Crippen LogP contribution is -1.83. The molecule has 0 spiro atoms. The van der Waals surface area contributed by atoms with Crippen molar-refractivity contribution in [1.82, 2.24) is 0 Å². The Hall–Kier alpha value is -1.33. The van der Waals surface area contributed by atoms with Crippen molar-refractivity contribution in [1.29, 1.82) is 0 Å². The molecular weight excluding hydrogens is 134 g/mol.